The van der Waals surface area contributed by atoms with Crippen LogP contribution in [-0.2, 0) is 27.2 Å². The van der Waals surface area contributed by atoms with Gasteiger partial charge in [-0.2, -0.15) is 0 Å². The summed E-state index contributed by atoms with van der Waals surface area (Å²) < 4.78 is 19.8. The molecule has 3 aliphatic heterocycles. The average molecular weight is 612 g/mol. The van der Waals surface area contributed by atoms with Crippen molar-refractivity contribution in [3.8, 4) is 11.5 Å². The standard InChI is InChI=1S/C27H27BrN6O4S/c1-27(2,3)38-26(35)31-17-10-8-16(9-11-17)12-13-34-15-30-22(29)21-23(34)33-25(32-21)39-20-14-36-24(37-20)18-6-4-5-7-19(18)28/h4-11,14-15,24H,12-13,29H2,1-3H3,(H,31,35). The number of nitrogens with zero attached hydrogens (tertiary/aromatic N) is 4. The first-order valence-electron chi connectivity index (χ1n) is 12.2. The maximum Gasteiger partial charge on any atom is 0.412 e. The Hall–Kier alpha value is -3.77. The molecule has 12 heteroatoms. The van der Waals surface area contributed by atoms with Gasteiger partial charge >= 0.3 is 6.09 Å². The summed E-state index contributed by atoms with van der Waals surface area (Å²) in [5.74, 6) is 0.942. The molecule has 0 aliphatic carbocycles. The topological polar surface area (TPSA) is 126 Å². The second-order valence-corrected chi connectivity index (χ2v) is 11.5. The van der Waals surface area contributed by atoms with Gasteiger partial charge in [0.1, 0.15) is 11.9 Å². The molecule has 0 saturated carbocycles. The number of nitrogens with two attached hydrogens (primary N) is 1. The van der Waals surface area contributed by atoms with Gasteiger partial charge < -0.3 is 24.5 Å². The van der Waals surface area contributed by atoms with E-state index in [0.29, 0.717) is 46.2 Å². The number of nitrogens with one attached hydrogen (secondary N) is 1. The van der Waals surface area contributed by atoms with Gasteiger partial charge in [0.2, 0.25) is 5.09 Å². The zero-order valence-electron chi connectivity index (χ0n) is 21.6. The maximum absolute atomic E-state index is 12.0. The zero-order valence-corrected chi connectivity index (χ0v) is 24.0. The summed E-state index contributed by atoms with van der Waals surface area (Å²) in [5.41, 5.74) is 8.70. The molecule has 39 heavy (non-hydrogen) atoms. The van der Waals surface area contributed by atoms with Crippen LogP contribution < -0.4 is 11.1 Å². The lowest BCUT2D eigenvalue weighted by Crippen LogP contribution is -2.27. The second kappa shape index (κ2) is 11.1. The largest absolute Gasteiger partial charge is 0.454 e. The number of thioether (sulfide) groups is 1. The predicted octanol–water partition coefficient (Wildman–Crippen LogP) is 6.35. The van der Waals surface area contributed by atoms with Crippen LogP contribution in [-0.4, -0.2) is 31.2 Å². The number of carbonyl (C=O) groups excluding carboxylic acids is 1. The van der Waals surface area contributed by atoms with Crippen molar-refractivity contribution in [2.75, 3.05) is 11.1 Å². The summed E-state index contributed by atoms with van der Waals surface area (Å²) in [6, 6.07) is 15.3. The van der Waals surface area contributed by atoms with Gasteiger partial charge in [0.25, 0.3) is 6.29 Å². The first-order chi connectivity index (χ1) is 18.6. The molecule has 0 saturated heterocycles. The molecule has 0 aromatic heterocycles. The number of aryl methyl sites for hydroxylation is 2. The van der Waals surface area contributed by atoms with Gasteiger partial charge in [-0.15, -0.1) is 0 Å². The third-order valence-electron chi connectivity index (χ3n) is 5.57. The van der Waals surface area contributed by atoms with Gasteiger partial charge in [-0.05, 0) is 62.7 Å². The van der Waals surface area contributed by atoms with E-state index in [1.54, 1.807) is 12.6 Å². The third kappa shape index (κ3) is 6.63. The number of imidazole rings is 1. The maximum atomic E-state index is 12.0. The van der Waals surface area contributed by atoms with E-state index in [1.807, 2.05) is 73.9 Å². The molecule has 0 bridgehead atoms. The van der Waals surface area contributed by atoms with Crippen molar-refractivity contribution >= 4 is 45.3 Å². The molecular weight excluding hydrogens is 584 g/mol. The highest BCUT2D eigenvalue weighted by atomic mass is 79.9. The van der Waals surface area contributed by atoms with Gasteiger partial charge in [-0.1, -0.05) is 46.3 Å². The smallest absolute Gasteiger partial charge is 0.412 e. The van der Waals surface area contributed by atoms with Gasteiger partial charge in [0.05, 0.1) is 6.33 Å². The van der Waals surface area contributed by atoms with Crippen LogP contribution in [0.2, 0.25) is 0 Å². The molecule has 1 amide bonds. The van der Waals surface area contributed by atoms with E-state index in [4.69, 9.17) is 19.9 Å². The molecule has 1 atom stereocenters. The van der Waals surface area contributed by atoms with Crippen LogP contribution in [0.4, 0.5) is 16.3 Å². The summed E-state index contributed by atoms with van der Waals surface area (Å²) in [5, 5.41) is 3.77. The van der Waals surface area contributed by atoms with Crippen LogP contribution >= 0.6 is 27.7 Å². The highest BCUT2D eigenvalue weighted by molar-refractivity contribution is 9.10. The molecule has 3 heterocycles. The summed E-state index contributed by atoms with van der Waals surface area (Å²) in [6.45, 7) is 6.08. The Kier molecular flexibility index (Phi) is 7.67. The van der Waals surface area contributed by atoms with Crippen LogP contribution in [0.25, 0.3) is 11.5 Å². The van der Waals surface area contributed by atoms with Crippen molar-refractivity contribution in [2.24, 2.45) is 0 Å². The van der Waals surface area contributed by atoms with Gasteiger partial charge in [0.15, 0.2) is 22.5 Å². The number of hydrogen-bond donors (Lipinski definition) is 2. The molecule has 1 unspecified atom stereocenters. The zero-order chi connectivity index (χ0) is 27.6. The number of ether oxygens (including phenoxy) is 3. The van der Waals surface area contributed by atoms with Crippen LogP contribution in [0.3, 0.4) is 0 Å². The van der Waals surface area contributed by atoms with Crippen molar-refractivity contribution in [1.82, 2.24) is 19.5 Å². The van der Waals surface area contributed by atoms with Crippen LogP contribution in [0.5, 0.6) is 0 Å². The number of halogens is 1. The number of carbonyl (C=O) groups is 1. The third-order valence-corrected chi connectivity index (χ3v) is 7.06. The molecule has 0 spiro atoms. The Labute approximate surface area is 238 Å². The summed E-state index contributed by atoms with van der Waals surface area (Å²) >= 11 is 4.78. The fraction of sp³-hybridized carbons (Fsp3) is 0.259. The monoisotopic (exact) mass is 610 g/mol. The van der Waals surface area contributed by atoms with Gasteiger partial charge in [0, 0.05) is 22.3 Å². The van der Waals surface area contributed by atoms with Crippen molar-refractivity contribution in [3.05, 3.63) is 81.8 Å². The predicted molar refractivity (Wildman–Crippen MR) is 152 cm³/mol. The van der Waals surface area contributed by atoms with E-state index < -0.39 is 18.0 Å². The molecule has 0 radical (unpaired) electrons. The fourth-order valence-corrected chi connectivity index (χ4v) is 4.95. The quantitative estimate of drug-likeness (QED) is 0.246. The van der Waals surface area contributed by atoms with Crippen molar-refractivity contribution in [1.29, 1.82) is 0 Å². The fourth-order valence-electron chi connectivity index (χ4n) is 3.79. The number of amides is 1. The molecule has 0 fully saturated rings. The Bertz CT molecular complexity index is 1480. The number of fused-ring (bicyclic) bond motifs is 1. The minimum Gasteiger partial charge on any atom is -0.454 e. The number of rotatable bonds is 7. The van der Waals surface area contributed by atoms with Crippen LogP contribution in [0, 0.1) is 0 Å². The minimum atomic E-state index is -0.557. The van der Waals surface area contributed by atoms with Gasteiger partial charge in [-0.25, -0.2) is 19.7 Å². The van der Waals surface area contributed by atoms with E-state index in [-0.39, 0.29) is 0 Å². The molecule has 2 aromatic rings. The van der Waals surface area contributed by atoms with E-state index in [2.05, 4.69) is 36.2 Å². The lowest BCUT2D eigenvalue weighted by atomic mass is 10.1. The normalized spacial score (nSPS) is 15.0. The lowest BCUT2D eigenvalue weighted by Gasteiger charge is -2.19. The van der Waals surface area contributed by atoms with E-state index >= 15 is 0 Å². The number of nitrogen functional groups attached to an aromatic ring is 1. The lowest BCUT2D eigenvalue weighted by molar-refractivity contribution is -0.0278. The minimum absolute atomic E-state index is 0.307. The average Bonchev–Trinajstić information content (AvgIpc) is 3.52. The molecule has 2 aromatic carbocycles. The first-order valence-corrected chi connectivity index (χ1v) is 13.8. The van der Waals surface area contributed by atoms with E-state index in [1.165, 1.54) is 11.8 Å². The van der Waals surface area contributed by atoms with Crippen molar-refractivity contribution in [3.63, 3.8) is 0 Å². The van der Waals surface area contributed by atoms with E-state index in [0.717, 1.165) is 15.6 Å². The number of anilines is 2. The summed E-state index contributed by atoms with van der Waals surface area (Å²) in [4.78, 5) is 25.6. The second-order valence-electron chi connectivity index (χ2n) is 9.72. The molecule has 3 N–H and O–H groups in total. The summed E-state index contributed by atoms with van der Waals surface area (Å²) in [7, 11) is 0. The number of hydrogen-bond acceptors (Lipinski definition) is 9. The molecule has 202 valence electrons. The van der Waals surface area contributed by atoms with Crippen LogP contribution in [0.1, 0.15) is 38.2 Å². The Balaban J connectivity index is 1.22. The van der Waals surface area contributed by atoms with Crippen LogP contribution in [0.15, 0.2) is 75.8 Å². The first kappa shape index (κ1) is 26.8. The van der Waals surface area contributed by atoms with Crippen molar-refractivity contribution < 1.29 is 19.0 Å². The Morgan fingerprint density at radius 2 is 1.95 bits per heavy atom. The van der Waals surface area contributed by atoms with E-state index in [9.17, 15) is 4.79 Å². The number of aromatic nitrogens is 4. The van der Waals surface area contributed by atoms with Crippen molar-refractivity contribution in [2.45, 2.75) is 50.8 Å². The molecular formula is C27H27BrN6O4S. The highest BCUT2D eigenvalue weighted by Crippen LogP contribution is 2.40. The van der Waals surface area contributed by atoms with Gasteiger partial charge in [-0.3, -0.25) is 5.32 Å². The number of benzene rings is 2. The SMILES string of the molecule is CC(C)(C)OC(=O)Nc1ccc(CCn2cnc(N)c3nc(SC4=COC(c5ccccc5Br)O4)nc2-3)cc1. The summed E-state index contributed by atoms with van der Waals surface area (Å²) in [6.07, 6.45) is 2.90. The molecule has 3 aliphatic rings. The Morgan fingerprint density at radius 3 is 2.69 bits per heavy atom. The highest BCUT2D eigenvalue weighted by Gasteiger charge is 2.27. The molecule has 5 rings (SSSR count). The molecule has 10 nitrogen and oxygen atoms in total. The Morgan fingerprint density at radius 1 is 1.18 bits per heavy atom.